The van der Waals surface area contributed by atoms with Gasteiger partial charge in [0.2, 0.25) is 29.4 Å². The van der Waals surface area contributed by atoms with Gasteiger partial charge in [0, 0.05) is 74.7 Å². The molecule has 20 nitrogen and oxygen atoms in total. The Bertz CT molecular complexity index is 2850. The van der Waals surface area contributed by atoms with Gasteiger partial charge in [0.05, 0.1) is 39.7 Å². The molecule has 0 radical (unpaired) electrons. The monoisotopic (exact) mass is 964 g/mol. The number of H-pyrrole nitrogens is 1. The van der Waals surface area contributed by atoms with Crippen LogP contribution in [-0.2, 0) is 20.6 Å². The topological polar surface area (TPSA) is 263 Å². The van der Waals surface area contributed by atoms with Crippen LogP contribution in [0.5, 0.6) is 5.75 Å². The van der Waals surface area contributed by atoms with Crippen LogP contribution in [0.2, 0.25) is 0 Å². The van der Waals surface area contributed by atoms with Crippen LogP contribution >= 0.6 is 23.1 Å². The molecule has 2 saturated heterocycles. The zero-order chi connectivity index (χ0) is 45.8. The van der Waals surface area contributed by atoms with Gasteiger partial charge in [-0.2, -0.15) is 9.97 Å². The Kier molecular flexibility index (Phi) is 13.2. The van der Waals surface area contributed by atoms with E-state index in [2.05, 4.69) is 84.9 Å². The predicted molar refractivity (Wildman–Crippen MR) is 249 cm³/mol. The van der Waals surface area contributed by atoms with Crippen molar-refractivity contribution < 1.29 is 28.5 Å². The summed E-state index contributed by atoms with van der Waals surface area (Å²) in [5.41, 5.74) is 5.64. The number of likely N-dealkylation sites (tertiary alicyclic amines) is 1. The van der Waals surface area contributed by atoms with Crippen molar-refractivity contribution in [3.8, 4) is 5.75 Å². The molecule has 4 amide bonds. The molecule has 2 aliphatic heterocycles. The maximum atomic E-state index is 13.5. The van der Waals surface area contributed by atoms with E-state index >= 15 is 0 Å². The third kappa shape index (κ3) is 10.1. The van der Waals surface area contributed by atoms with E-state index in [-0.39, 0.29) is 41.8 Å². The lowest BCUT2D eigenvalue weighted by atomic mass is 9.90. The quantitative estimate of drug-likeness (QED) is 0.0386. The van der Waals surface area contributed by atoms with Gasteiger partial charge in [0.25, 0.3) is 11.8 Å². The van der Waals surface area contributed by atoms with Crippen molar-refractivity contribution in [1.29, 1.82) is 0 Å². The minimum absolute atomic E-state index is 0.0392. The number of aromatic nitrogens is 7. The summed E-state index contributed by atoms with van der Waals surface area (Å²) in [6.45, 7) is 7.60. The second-order valence-electron chi connectivity index (χ2n) is 15.8. The number of carbonyl (C=O) groups excluding carboxylic acids is 4. The van der Waals surface area contributed by atoms with Crippen LogP contribution in [0.3, 0.4) is 0 Å². The number of fused-ring (bicyclic) bond motifs is 1. The number of piperidine rings is 1. The molecule has 1 atom stereocenters. The molecular weight excluding hydrogens is 919 g/mol. The number of hydrogen-bond donors (Lipinski definition) is 7. The summed E-state index contributed by atoms with van der Waals surface area (Å²) in [5.74, 6) is -0.896. The highest BCUT2D eigenvalue weighted by Crippen LogP contribution is 2.41. The third-order valence-corrected chi connectivity index (χ3v) is 13.1. The standard InChI is InChI=1S/C43H46BrN14O6P/c1-5-23-18-32(52-43-49-20-28(44)37(55-43)51-30-12-11-29-35(48-17-16-46-29)36(30)65(3,4)63)33(64-2)19-31(23)47-15-14-45-26-21-58(22-26)42(62)39-54-38(56-57-39)41(61)50-25-8-6-24(7-9-25)27-10-13-34(59)53-40(27)60/h6-9,11-12,16-20,26-27,45,47H,5,10,13-15,21-22H2,1-4H3,(H,50,61)(H,53,59,60)(H,54,56,57)(H2,49,51,52,55). The van der Waals surface area contributed by atoms with E-state index in [1.165, 1.54) is 0 Å². The number of ether oxygens (including phenoxy) is 1. The highest BCUT2D eigenvalue weighted by atomic mass is 79.9. The molecule has 0 saturated carbocycles. The molecule has 336 valence electrons. The fourth-order valence-electron chi connectivity index (χ4n) is 7.63. The summed E-state index contributed by atoms with van der Waals surface area (Å²) < 4.78 is 19.9. The van der Waals surface area contributed by atoms with Gasteiger partial charge in [0.1, 0.15) is 24.2 Å². The SMILES string of the molecule is CCc1cc(Nc2ncc(Br)c(Nc3ccc4nccnc4c3P(C)(C)=O)n2)c(OC)cc1NCCNC1CN(C(=O)c2nc(C(=O)Nc3ccc(C4CCC(=O)NC4=O)cc3)n[nH]2)C1. The van der Waals surface area contributed by atoms with Crippen LogP contribution in [0, 0.1) is 0 Å². The lowest BCUT2D eigenvalue weighted by Crippen LogP contribution is -2.60. The van der Waals surface area contributed by atoms with Crippen molar-refractivity contribution in [3.63, 3.8) is 0 Å². The average Bonchev–Trinajstić information content (AvgIpc) is 3.78. The normalized spacial score (nSPS) is 15.3. The first-order valence-electron chi connectivity index (χ1n) is 20.8. The number of aryl methyl sites for hydroxylation is 1. The van der Waals surface area contributed by atoms with Gasteiger partial charge in [-0.3, -0.25) is 39.6 Å². The van der Waals surface area contributed by atoms with Gasteiger partial charge in [-0.25, -0.2) is 4.98 Å². The number of halogens is 1. The van der Waals surface area contributed by atoms with Gasteiger partial charge in [-0.05, 0) is 83.6 Å². The number of methoxy groups -OCH3 is 1. The van der Waals surface area contributed by atoms with E-state index in [0.717, 1.165) is 23.2 Å². The highest BCUT2D eigenvalue weighted by Gasteiger charge is 2.33. The largest absolute Gasteiger partial charge is 0.494 e. The molecule has 0 spiro atoms. The molecule has 1 unspecified atom stereocenters. The van der Waals surface area contributed by atoms with Crippen LogP contribution < -0.4 is 41.9 Å². The molecule has 7 N–H and O–H groups in total. The molecule has 2 fully saturated rings. The Hall–Kier alpha value is -6.83. The summed E-state index contributed by atoms with van der Waals surface area (Å²) in [4.78, 5) is 73.5. The summed E-state index contributed by atoms with van der Waals surface area (Å²) in [6, 6.07) is 14.4. The lowest BCUT2D eigenvalue weighted by molar-refractivity contribution is -0.134. The summed E-state index contributed by atoms with van der Waals surface area (Å²) in [6.07, 6.45) is 6.24. The van der Waals surface area contributed by atoms with Crippen LogP contribution in [0.4, 0.5) is 34.5 Å². The number of aromatic amines is 1. The fraction of sp³-hybridized carbons (Fsp3) is 0.302. The fourth-order valence-corrected chi connectivity index (χ4v) is 9.32. The Balaban J connectivity index is 0.816. The summed E-state index contributed by atoms with van der Waals surface area (Å²) in [5, 5.41) is 25.7. The second-order valence-corrected chi connectivity index (χ2v) is 19.8. The average molecular weight is 966 g/mol. The third-order valence-electron chi connectivity index (χ3n) is 10.9. The molecule has 3 aromatic heterocycles. The molecule has 65 heavy (non-hydrogen) atoms. The molecule has 0 aliphatic carbocycles. The number of nitrogens with one attached hydrogen (secondary N) is 7. The van der Waals surface area contributed by atoms with Crippen LogP contribution in [0.1, 0.15) is 58.0 Å². The molecule has 22 heteroatoms. The molecule has 0 bridgehead atoms. The van der Waals surface area contributed by atoms with Gasteiger partial charge in [0.15, 0.2) is 0 Å². The van der Waals surface area contributed by atoms with Crippen molar-refractivity contribution in [1.82, 2.24) is 50.7 Å². The van der Waals surface area contributed by atoms with Crippen molar-refractivity contribution in [2.45, 2.75) is 38.1 Å². The number of carbonyl (C=O) groups is 4. The van der Waals surface area contributed by atoms with Crippen molar-refractivity contribution >= 4 is 97.6 Å². The Morgan fingerprint density at radius 1 is 0.954 bits per heavy atom. The Morgan fingerprint density at radius 3 is 2.48 bits per heavy atom. The van der Waals surface area contributed by atoms with Gasteiger partial charge >= 0.3 is 0 Å². The lowest BCUT2D eigenvalue weighted by Gasteiger charge is -2.39. The molecule has 5 heterocycles. The second kappa shape index (κ2) is 19.1. The molecule has 6 aromatic rings. The van der Waals surface area contributed by atoms with E-state index in [4.69, 9.17) is 9.72 Å². The summed E-state index contributed by atoms with van der Waals surface area (Å²) in [7, 11) is -1.20. The van der Waals surface area contributed by atoms with E-state index in [1.54, 1.807) is 68.2 Å². The van der Waals surface area contributed by atoms with Crippen molar-refractivity contribution in [2.24, 2.45) is 0 Å². The van der Waals surface area contributed by atoms with Gasteiger partial charge < -0.3 is 40.8 Å². The molecule has 2 aliphatic rings. The number of amides is 4. The number of benzene rings is 3. The minimum Gasteiger partial charge on any atom is -0.494 e. The molecule has 3 aromatic carbocycles. The zero-order valence-electron chi connectivity index (χ0n) is 35.9. The number of anilines is 6. The van der Waals surface area contributed by atoms with Gasteiger partial charge in [-0.1, -0.05) is 19.1 Å². The highest BCUT2D eigenvalue weighted by molar-refractivity contribution is 9.10. The van der Waals surface area contributed by atoms with Crippen LogP contribution in [0.15, 0.2) is 71.6 Å². The van der Waals surface area contributed by atoms with E-state index < -0.39 is 19.0 Å². The van der Waals surface area contributed by atoms with E-state index in [9.17, 15) is 23.7 Å². The van der Waals surface area contributed by atoms with E-state index in [1.807, 2.05) is 24.3 Å². The Labute approximate surface area is 381 Å². The van der Waals surface area contributed by atoms with Crippen LogP contribution in [-0.4, -0.2) is 116 Å². The molecule has 8 rings (SSSR count). The first-order valence-corrected chi connectivity index (χ1v) is 24.2. The zero-order valence-corrected chi connectivity index (χ0v) is 38.3. The first kappa shape index (κ1) is 44.8. The smallest absolute Gasteiger partial charge is 0.295 e. The maximum absolute atomic E-state index is 13.5. The number of hydrogen-bond acceptors (Lipinski definition) is 16. The first-order chi connectivity index (χ1) is 31.3. The number of imide groups is 1. The van der Waals surface area contributed by atoms with Gasteiger partial charge in [-0.15, -0.1) is 5.10 Å². The summed E-state index contributed by atoms with van der Waals surface area (Å²) >= 11 is 3.55. The number of rotatable bonds is 16. The predicted octanol–water partition coefficient (Wildman–Crippen LogP) is 4.91. The Morgan fingerprint density at radius 2 is 1.74 bits per heavy atom. The number of nitrogens with zero attached hydrogens (tertiary/aromatic N) is 7. The minimum atomic E-state index is -2.80. The van der Waals surface area contributed by atoms with Crippen molar-refractivity contribution in [3.05, 3.63) is 94.4 Å². The molecular formula is C43H46BrN14O6P. The maximum Gasteiger partial charge on any atom is 0.295 e. The van der Waals surface area contributed by atoms with Crippen molar-refractivity contribution in [2.75, 3.05) is 67.9 Å². The van der Waals surface area contributed by atoms with E-state index in [0.29, 0.717) is 88.0 Å². The van der Waals surface area contributed by atoms with Crippen LogP contribution in [0.25, 0.3) is 11.0 Å².